The first kappa shape index (κ1) is 13.6. The largest absolute Gasteiger partial charge is 0.351 e. The highest BCUT2D eigenvalue weighted by molar-refractivity contribution is 5.54. The molecular weight excluding hydrogens is 258 g/mol. The van der Waals surface area contributed by atoms with Crippen molar-refractivity contribution >= 4 is 5.82 Å². The molecule has 0 spiro atoms. The van der Waals surface area contributed by atoms with E-state index < -0.39 is 0 Å². The third kappa shape index (κ3) is 2.68. The molecule has 2 fully saturated rings. The molecule has 4 rings (SSSR count). The van der Waals surface area contributed by atoms with Crippen molar-refractivity contribution in [1.29, 1.82) is 0 Å². The molecule has 21 heavy (non-hydrogen) atoms. The van der Waals surface area contributed by atoms with Crippen LogP contribution in [0.15, 0.2) is 12.3 Å². The van der Waals surface area contributed by atoms with E-state index in [0.29, 0.717) is 6.04 Å². The van der Waals surface area contributed by atoms with E-state index in [-0.39, 0.29) is 0 Å². The van der Waals surface area contributed by atoms with Gasteiger partial charge in [-0.1, -0.05) is 32.1 Å². The normalized spacial score (nSPS) is 26.3. The zero-order chi connectivity index (χ0) is 14.1. The average molecular weight is 285 g/mol. The Hall–Kier alpha value is -1.09. The van der Waals surface area contributed by atoms with Gasteiger partial charge in [0.25, 0.3) is 0 Å². The van der Waals surface area contributed by atoms with Crippen molar-refractivity contribution < 1.29 is 0 Å². The van der Waals surface area contributed by atoms with Crippen LogP contribution in [-0.4, -0.2) is 30.7 Å². The maximum Gasteiger partial charge on any atom is 0.132 e. The molecule has 1 saturated heterocycles. The van der Waals surface area contributed by atoms with Gasteiger partial charge >= 0.3 is 0 Å². The second kappa shape index (κ2) is 5.96. The molecule has 3 nitrogen and oxygen atoms in total. The van der Waals surface area contributed by atoms with Gasteiger partial charge in [0.2, 0.25) is 0 Å². The van der Waals surface area contributed by atoms with Crippen LogP contribution in [0.1, 0.15) is 49.7 Å². The van der Waals surface area contributed by atoms with E-state index in [1.54, 1.807) is 11.1 Å². The van der Waals surface area contributed by atoms with Crippen LogP contribution in [-0.2, 0) is 12.8 Å². The predicted octanol–water partition coefficient (Wildman–Crippen LogP) is 2.93. The second-order valence-corrected chi connectivity index (χ2v) is 7.07. The lowest BCUT2D eigenvalue weighted by molar-refractivity contribution is 0.355. The van der Waals surface area contributed by atoms with Gasteiger partial charge in [0.15, 0.2) is 0 Å². The Morgan fingerprint density at radius 1 is 1.19 bits per heavy atom. The first-order valence-electron chi connectivity index (χ1n) is 8.86. The van der Waals surface area contributed by atoms with E-state index >= 15 is 0 Å². The van der Waals surface area contributed by atoms with Crippen LogP contribution in [0.25, 0.3) is 0 Å². The van der Waals surface area contributed by atoms with Gasteiger partial charge in [-0.15, -0.1) is 0 Å². The third-order valence-corrected chi connectivity index (χ3v) is 5.71. The molecular formula is C18H27N3. The Morgan fingerprint density at radius 3 is 3.00 bits per heavy atom. The van der Waals surface area contributed by atoms with Crippen LogP contribution in [0.3, 0.4) is 0 Å². The van der Waals surface area contributed by atoms with E-state index in [1.165, 1.54) is 57.2 Å². The molecule has 3 heteroatoms. The van der Waals surface area contributed by atoms with Gasteiger partial charge in [0, 0.05) is 31.9 Å². The van der Waals surface area contributed by atoms with Crippen molar-refractivity contribution in [3.05, 3.63) is 23.4 Å². The molecule has 2 aliphatic heterocycles. The highest BCUT2D eigenvalue weighted by Gasteiger charge is 2.30. The van der Waals surface area contributed by atoms with Gasteiger partial charge in [-0.3, -0.25) is 0 Å². The Labute approximate surface area is 128 Å². The SMILES string of the molecule is c1cc(CC2CCCCC2)c2c(n1)N1CCNCC1CC2. The summed E-state index contributed by atoms with van der Waals surface area (Å²) in [5.74, 6) is 2.23. The van der Waals surface area contributed by atoms with Crippen LogP contribution < -0.4 is 10.2 Å². The zero-order valence-corrected chi connectivity index (χ0v) is 13.0. The number of piperazine rings is 1. The van der Waals surface area contributed by atoms with Gasteiger partial charge in [-0.2, -0.15) is 0 Å². The van der Waals surface area contributed by atoms with Gasteiger partial charge in [-0.25, -0.2) is 4.98 Å². The molecule has 114 valence electrons. The minimum Gasteiger partial charge on any atom is -0.351 e. The molecule has 0 bridgehead atoms. The first-order valence-corrected chi connectivity index (χ1v) is 8.86. The summed E-state index contributed by atoms with van der Waals surface area (Å²) in [4.78, 5) is 7.32. The van der Waals surface area contributed by atoms with Crippen molar-refractivity contribution in [2.75, 3.05) is 24.5 Å². The maximum absolute atomic E-state index is 4.76. The highest BCUT2D eigenvalue weighted by Crippen LogP contribution is 2.34. The van der Waals surface area contributed by atoms with Crippen LogP contribution in [0, 0.1) is 5.92 Å². The van der Waals surface area contributed by atoms with E-state index in [4.69, 9.17) is 4.98 Å². The van der Waals surface area contributed by atoms with Crippen molar-refractivity contribution in [2.45, 2.75) is 57.4 Å². The van der Waals surface area contributed by atoms with Crippen molar-refractivity contribution in [3.63, 3.8) is 0 Å². The van der Waals surface area contributed by atoms with Crippen molar-refractivity contribution in [1.82, 2.24) is 10.3 Å². The minimum atomic E-state index is 0.670. The molecule has 1 aliphatic carbocycles. The second-order valence-electron chi connectivity index (χ2n) is 7.07. The number of pyridine rings is 1. The zero-order valence-electron chi connectivity index (χ0n) is 13.0. The number of hydrogen-bond acceptors (Lipinski definition) is 3. The lowest BCUT2D eigenvalue weighted by Crippen LogP contribution is -2.53. The Bertz CT molecular complexity index is 493. The summed E-state index contributed by atoms with van der Waals surface area (Å²) in [6.45, 7) is 3.36. The minimum absolute atomic E-state index is 0.670. The summed E-state index contributed by atoms with van der Waals surface area (Å²) < 4.78 is 0. The summed E-state index contributed by atoms with van der Waals surface area (Å²) in [6, 6.07) is 2.97. The van der Waals surface area contributed by atoms with E-state index in [1.807, 2.05) is 0 Å². The number of nitrogens with zero attached hydrogens (tertiary/aromatic N) is 2. The number of anilines is 1. The number of nitrogens with one attached hydrogen (secondary N) is 1. The number of hydrogen-bond donors (Lipinski definition) is 1. The van der Waals surface area contributed by atoms with Crippen LogP contribution >= 0.6 is 0 Å². The van der Waals surface area contributed by atoms with Crippen molar-refractivity contribution in [2.24, 2.45) is 5.92 Å². The summed E-state index contributed by atoms with van der Waals surface area (Å²) in [5.41, 5.74) is 3.17. The fourth-order valence-corrected chi connectivity index (χ4v) is 4.54. The molecule has 1 aromatic rings. The van der Waals surface area contributed by atoms with E-state index in [0.717, 1.165) is 25.6 Å². The monoisotopic (exact) mass is 285 g/mol. The third-order valence-electron chi connectivity index (χ3n) is 5.71. The predicted molar refractivity (Wildman–Crippen MR) is 86.8 cm³/mol. The number of rotatable bonds is 2. The average Bonchev–Trinajstić information content (AvgIpc) is 2.56. The maximum atomic E-state index is 4.76. The van der Waals surface area contributed by atoms with Crippen LogP contribution in [0.2, 0.25) is 0 Å². The molecule has 3 heterocycles. The summed E-state index contributed by atoms with van der Waals surface area (Å²) in [5, 5.41) is 3.53. The highest BCUT2D eigenvalue weighted by atomic mass is 15.3. The first-order chi connectivity index (χ1) is 10.4. The lowest BCUT2D eigenvalue weighted by Gasteiger charge is -2.42. The molecule has 0 amide bonds. The van der Waals surface area contributed by atoms with Crippen molar-refractivity contribution in [3.8, 4) is 0 Å². The smallest absolute Gasteiger partial charge is 0.132 e. The molecule has 0 radical (unpaired) electrons. The standard InChI is InChI=1S/C18H27N3/c1-2-4-14(5-3-1)12-15-8-9-20-18-17(15)7-6-16-13-19-10-11-21(16)18/h8-9,14,16,19H,1-7,10-13H2. The lowest BCUT2D eigenvalue weighted by atomic mass is 9.82. The molecule has 0 aromatic carbocycles. The molecule has 1 unspecified atom stereocenters. The van der Waals surface area contributed by atoms with Crippen LogP contribution in [0.4, 0.5) is 5.82 Å². The quantitative estimate of drug-likeness (QED) is 0.905. The molecule has 1 atom stereocenters. The topological polar surface area (TPSA) is 28.2 Å². The number of aromatic nitrogens is 1. The molecule has 3 aliphatic rings. The fraction of sp³-hybridized carbons (Fsp3) is 0.722. The van der Waals surface area contributed by atoms with E-state index in [9.17, 15) is 0 Å². The van der Waals surface area contributed by atoms with Gasteiger partial charge in [0.05, 0.1) is 0 Å². The summed E-state index contributed by atoms with van der Waals surface area (Å²) in [6.07, 6.45) is 13.1. The Balaban J connectivity index is 1.58. The molecule has 1 N–H and O–H groups in total. The fourth-order valence-electron chi connectivity index (χ4n) is 4.54. The summed E-state index contributed by atoms with van der Waals surface area (Å²) >= 11 is 0. The van der Waals surface area contributed by atoms with Gasteiger partial charge in [-0.05, 0) is 42.4 Å². The Morgan fingerprint density at radius 2 is 2.10 bits per heavy atom. The molecule has 1 saturated carbocycles. The van der Waals surface area contributed by atoms with Crippen LogP contribution in [0.5, 0.6) is 0 Å². The number of fused-ring (bicyclic) bond motifs is 3. The molecule has 1 aromatic heterocycles. The van der Waals surface area contributed by atoms with Gasteiger partial charge < -0.3 is 10.2 Å². The summed E-state index contributed by atoms with van der Waals surface area (Å²) in [7, 11) is 0. The van der Waals surface area contributed by atoms with Gasteiger partial charge in [0.1, 0.15) is 5.82 Å². The van der Waals surface area contributed by atoms with E-state index in [2.05, 4.69) is 22.5 Å². The Kier molecular flexibility index (Phi) is 3.85.